The number of cyclic esters (lactones) is 1. The number of carbonyl (C=O) groups excluding carboxylic acids is 1. The molecular formula is C16H15ClN4O3. The predicted octanol–water partition coefficient (Wildman–Crippen LogP) is 3.80. The molecule has 8 heteroatoms. The fourth-order valence-corrected chi connectivity index (χ4v) is 2.74. The standard InChI is InChI=1S/C16H15ClN4O3/c1-8(2)14-19-20-15(24-14)13-9(3)23-16(22)21(13)11-5-4-10(7-18)12(17)6-11/h4-6,8-9,13H,1-3H3/t9-,13+/m0/s1. The minimum Gasteiger partial charge on any atom is -0.443 e. The number of ether oxygens (including phenoxy) is 1. The highest BCUT2D eigenvalue weighted by atomic mass is 35.5. The summed E-state index contributed by atoms with van der Waals surface area (Å²) in [6.07, 6.45) is -0.995. The van der Waals surface area contributed by atoms with E-state index in [0.29, 0.717) is 23.0 Å². The van der Waals surface area contributed by atoms with Gasteiger partial charge in [-0.2, -0.15) is 5.26 Å². The molecule has 1 saturated heterocycles. The van der Waals surface area contributed by atoms with E-state index in [1.54, 1.807) is 25.1 Å². The van der Waals surface area contributed by atoms with Crippen LogP contribution in [0.4, 0.5) is 10.5 Å². The number of anilines is 1. The summed E-state index contributed by atoms with van der Waals surface area (Å²) in [5.74, 6) is 0.879. The van der Waals surface area contributed by atoms with E-state index in [4.69, 9.17) is 26.0 Å². The van der Waals surface area contributed by atoms with Gasteiger partial charge in [0.2, 0.25) is 11.8 Å². The zero-order valence-corrected chi connectivity index (χ0v) is 14.1. The van der Waals surface area contributed by atoms with Crippen LogP contribution in [0.25, 0.3) is 0 Å². The first-order chi connectivity index (χ1) is 11.4. The van der Waals surface area contributed by atoms with Crippen molar-refractivity contribution in [2.75, 3.05) is 4.90 Å². The number of halogens is 1. The van der Waals surface area contributed by atoms with Gasteiger partial charge in [0, 0.05) is 11.6 Å². The number of nitrogens with zero attached hydrogens (tertiary/aromatic N) is 4. The summed E-state index contributed by atoms with van der Waals surface area (Å²) < 4.78 is 11.0. The van der Waals surface area contributed by atoms with E-state index >= 15 is 0 Å². The van der Waals surface area contributed by atoms with Crippen LogP contribution in [0.1, 0.15) is 50.1 Å². The van der Waals surface area contributed by atoms with E-state index in [0.717, 1.165) is 0 Å². The Labute approximate surface area is 143 Å². The van der Waals surface area contributed by atoms with Crippen LogP contribution in [-0.4, -0.2) is 22.4 Å². The largest absolute Gasteiger partial charge is 0.443 e. The lowest BCUT2D eigenvalue weighted by Crippen LogP contribution is -2.29. The Hall–Kier alpha value is -2.59. The maximum Gasteiger partial charge on any atom is 0.415 e. The maximum absolute atomic E-state index is 12.3. The second-order valence-electron chi connectivity index (χ2n) is 5.81. The molecule has 0 aliphatic carbocycles. The van der Waals surface area contributed by atoms with Gasteiger partial charge in [0.25, 0.3) is 0 Å². The number of nitriles is 1. The van der Waals surface area contributed by atoms with Crippen molar-refractivity contribution in [2.45, 2.75) is 38.8 Å². The van der Waals surface area contributed by atoms with E-state index in [9.17, 15) is 4.79 Å². The number of hydrogen-bond donors (Lipinski definition) is 0. The minimum atomic E-state index is -0.554. The van der Waals surface area contributed by atoms with E-state index < -0.39 is 18.2 Å². The molecule has 1 aliphatic rings. The van der Waals surface area contributed by atoms with Crippen molar-refractivity contribution in [1.29, 1.82) is 5.26 Å². The van der Waals surface area contributed by atoms with Gasteiger partial charge in [-0.05, 0) is 25.1 Å². The van der Waals surface area contributed by atoms with Crippen LogP contribution >= 0.6 is 11.6 Å². The second kappa shape index (κ2) is 6.13. The van der Waals surface area contributed by atoms with Crippen LogP contribution in [0.15, 0.2) is 22.6 Å². The van der Waals surface area contributed by atoms with Gasteiger partial charge in [0.15, 0.2) is 6.04 Å². The molecular weight excluding hydrogens is 332 g/mol. The molecule has 0 spiro atoms. The summed E-state index contributed by atoms with van der Waals surface area (Å²) in [5.41, 5.74) is 0.833. The molecule has 0 N–H and O–H groups in total. The van der Waals surface area contributed by atoms with Gasteiger partial charge in [0.05, 0.1) is 10.6 Å². The topological polar surface area (TPSA) is 92.3 Å². The zero-order chi connectivity index (χ0) is 17.4. The summed E-state index contributed by atoms with van der Waals surface area (Å²) in [6.45, 7) is 5.64. The van der Waals surface area contributed by atoms with Gasteiger partial charge in [-0.15, -0.1) is 10.2 Å². The lowest BCUT2D eigenvalue weighted by molar-refractivity contribution is 0.138. The Morgan fingerprint density at radius 3 is 2.71 bits per heavy atom. The Balaban J connectivity index is 2.02. The van der Waals surface area contributed by atoms with Crippen molar-refractivity contribution in [1.82, 2.24) is 10.2 Å². The van der Waals surface area contributed by atoms with Crippen LogP contribution < -0.4 is 4.90 Å². The van der Waals surface area contributed by atoms with Crippen molar-refractivity contribution >= 4 is 23.4 Å². The summed E-state index contributed by atoms with van der Waals surface area (Å²) in [7, 11) is 0. The third kappa shape index (κ3) is 2.69. The van der Waals surface area contributed by atoms with Crippen molar-refractivity contribution in [2.24, 2.45) is 0 Å². The maximum atomic E-state index is 12.3. The number of benzene rings is 1. The third-order valence-corrected chi connectivity index (χ3v) is 4.07. The molecule has 2 aromatic rings. The van der Waals surface area contributed by atoms with E-state index in [1.807, 2.05) is 19.9 Å². The molecule has 1 aliphatic heterocycles. The highest BCUT2D eigenvalue weighted by molar-refractivity contribution is 6.32. The fourth-order valence-electron chi connectivity index (χ4n) is 2.52. The van der Waals surface area contributed by atoms with Crippen LogP contribution in [-0.2, 0) is 4.74 Å². The SMILES string of the molecule is CC(C)c1nnc([C@H]2[C@H](C)OC(=O)N2c2ccc(C#N)c(Cl)c2)o1. The van der Waals surface area contributed by atoms with Crippen molar-refractivity contribution < 1.29 is 13.9 Å². The van der Waals surface area contributed by atoms with Gasteiger partial charge in [-0.1, -0.05) is 25.4 Å². The molecule has 1 fully saturated rings. The third-order valence-electron chi connectivity index (χ3n) is 3.76. The minimum absolute atomic E-state index is 0.0809. The molecule has 1 aromatic heterocycles. The highest BCUT2D eigenvalue weighted by Gasteiger charge is 2.44. The van der Waals surface area contributed by atoms with Crippen LogP contribution in [0.3, 0.4) is 0 Å². The summed E-state index contributed by atoms with van der Waals surface area (Å²) >= 11 is 6.08. The van der Waals surface area contributed by atoms with Crippen LogP contribution in [0, 0.1) is 11.3 Å². The first kappa shape index (κ1) is 16.3. The summed E-state index contributed by atoms with van der Waals surface area (Å²) in [4.78, 5) is 13.7. The first-order valence-electron chi connectivity index (χ1n) is 7.45. The molecule has 24 heavy (non-hydrogen) atoms. The van der Waals surface area contributed by atoms with Gasteiger partial charge < -0.3 is 9.15 Å². The molecule has 7 nitrogen and oxygen atoms in total. The normalized spacial score (nSPS) is 20.3. The van der Waals surface area contributed by atoms with Crippen LogP contribution in [0.2, 0.25) is 5.02 Å². The lowest BCUT2D eigenvalue weighted by Gasteiger charge is -2.20. The Bertz CT molecular complexity index is 827. The van der Waals surface area contributed by atoms with Gasteiger partial charge in [-0.25, -0.2) is 4.79 Å². The Morgan fingerprint density at radius 1 is 1.38 bits per heavy atom. The number of rotatable bonds is 3. The van der Waals surface area contributed by atoms with Gasteiger partial charge in [0.1, 0.15) is 12.2 Å². The molecule has 0 radical (unpaired) electrons. The molecule has 1 aromatic carbocycles. The number of hydrogen-bond acceptors (Lipinski definition) is 6. The lowest BCUT2D eigenvalue weighted by atomic mass is 10.1. The van der Waals surface area contributed by atoms with Crippen molar-refractivity contribution in [3.8, 4) is 6.07 Å². The van der Waals surface area contributed by atoms with Crippen molar-refractivity contribution in [3.05, 3.63) is 40.6 Å². The van der Waals surface area contributed by atoms with Gasteiger partial charge in [-0.3, -0.25) is 4.90 Å². The second-order valence-corrected chi connectivity index (χ2v) is 6.22. The van der Waals surface area contributed by atoms with E-state index in [2.05, 4.69) is 10.2 Å². The van der Waals surface area contributed by atoms with Crippen molar-refractivity contribution in [3.63, 3.8) is 0 Å². The molecule has 3 rings (SSSR count). The van der Waals surface area contributed by atoms with E-state index in [1.165, 1.54) is 4.90 Å². The number of aromatic nitrogens is 2. The van der Waals surface area contributed by atoms with Crippen LogP contribution in [0.5, 0.6) is 0 Å². The zero-order valence-electron chi connectivity index (χ0n) is 13.4. The smallest absolute Gasteiger partial charge is 0.415 e. The fraction of sp³-hybridized carbons (Fsp3) is 0.375. The molecule has 0 bridgehead atoms. The summed E-state index contributed by atoms with van der Waals surface area (Å²) in [6, 6.07) is 6.17. The number of carbonyl (C=O) groups is 1. The highest BCUT2D eigenvalue weighted by Crippen LogP contribution is 2.38. The quantitative estimate of drug-likeness (QED) is 0.839. The molecule has 2 heterocycles. The molecule has 124 valence electrons. The summed E-state index contributed by atoms with van der Waals surface area (Å²) in [5, 5.41) is 17.3. The molecule has 2 atom stereocenters. The van der Waals surface area contributed by atoms with Gasteiger partial charge >= 0.3 is 6.09 Å². The molecule has 0 saturated carbocycles. The Kier molecular flexibility index (Phi) is 4.16. The average Bonchev–Trinajstić information content (AvgIpc) is 3.11. The Morgan fingerprint density at radius 2 is 2.12 bits per heavy atom. The monoisotopic (exact) mass is 346 g/mol. The average molecular weight is 347 g/mol. The molecule has 1 amide bonds. The van der Waals surface area contributed by atoms with E-state index in [-0.39, 0.29) is 10.9 Å². The predicted molar refractivity (Wildman–Crippen MR) is 85.7 cm³/mol. The number of amides is 1. The molecule has 0 unspecified atom stereocenters. The first-order valence-corrected chi connectivity index (χ1v) is 7.83.